The minimum Gasteiger partial charge on any atom is -0.493 e. The van der Waals surface area contributed by atoms with E-state index in [0.29, 0.717) is 44.6 Å². The van der Waals surface area contributed by atoms with Crippen molar-refractivity contribution in [3.63, 3.8) is 0 Å². The van der Waals surface area contributed by atoms with Crippen LogP contribution in [0.25, 0.3) is 0 Å². The van der Waals surface area contributed by atoms with E-state index >= 15 is 0 Å². The Morgan fingerprint density at radius 1 is 1.11 bits per heavy atom. The molecule has 1 fully saturated rings. The first-order chi connectivity index (χ1) is 13.5. The second-order valence-corrected chi connectivity index (χ2v) is 8.52. The summed E-state index contributed by atoms with van der Waals surface area (Å²) in [7, 11) is 1.58. The molecule has 2 aromatic rings. The molecule has 1 unspecified atom stereocenters. The van der Waals surface area contributed by atoms with Gasteiger partial charge in [0, 0.05) is 0 Å². The van der Waals surface area contributed by atoms with Crippen LogP contribution in [0.15, 0.2) is 36.4 Å². The van der Waals surface area contributed by atoms with E-state index in [1.165, 1.54) is 11.8 Å². The number of thiocarbonyl (C=S) groups is 1. The van der Waals surface area contributed by atoms with Crippen LogP contribution in [-0.4, -0.2) is 35.8 Å². The third-order valence-corrected chi connectivity index (χ3v) is 5.84. The Labute approximate surface area is 182 Å². The van der Waals surface area contributed by atoms with Gasteiger partial charge in [0.2, 0.25) is 5.91 Å². The number of methoxy groups -OCH3 is 1. The van der Waals surface area contributed by atoms with E-state index in [2.05, 4.69) is 5.32 Å². The summed E-state index contributed by atoms with van der Waals surface area (Å²) in [6.07, 6.45) is 0.479. The lowest BCUT2D eigenvalue weighted by molar-refractivity contribution is -0.118. The van der Waals surface area contributed by atoms with Crippen LogP contribution in [-0.2, 0) is 11.2 Å². The van der Waals surface area contributed by atoms with Gasteiger partial charge in [-0.1, -0.05) is 59.3 Å². The number of thioether (sulfide) groups is 1. The summed E-state index contributed by atoms with van der Waals surface area (Å²) in [5.74, 6) is 1.56. The number of hydrogen-bond acceptors (Lipinski definition) is 6. The maximum atomic E-state index is 11.8. The molecule has 9 heteroatoms. The van der Waals surface area contributed by atoms with Crippen LogP contribution in [0.2, 0.25) is 10.0 Å². The standard InChI is InChI=1S/C19H17Cl2NO4S2/c1-24-14-4-2-3-5-15(14)25-6-7-26-17-12(20)8-11(9-13(17)21)10-16-18(23)22-19(27)28-16/h2-5,8-9,16H,6-7,10H2,1H3,(H,22,23,27). The molecule has 0 bridgehead atoms. The van der Waals surface area contributed by atoms with E-state index in [9.17, 15) is 4.79 Å². The second kappa shape index (κ2) is 9.69. The first kappa shape index (κ1) is 21.0. The minimum absolute atomic E-state index is 0.101. The molecule has 2 aromatic carbocycles. The minimum atomic E-state index is -0.277. The fourth-order valence-electron chi connectivity index (χ4n) is 2.64. The van der Waals surface area contributed by atoms with Gasteiger partial charge in [-0.25, -0.2) is 0 Å². The van der Waals surface area contributed by atoms with Gasteiger partial charge in [0.1, 0.15) is 17.5 Å². The van der Waals surface area contributed by atoms with Gasteiger partial charge in [0.15, 0.2) is 17.2 Å². The number of carbonyl (C=O) groups excluding carboxylic acids is 1. The number of amides is 1. The first-order valence-corrected chi connectivity index (χ1v) is 10.4. The Bertz CT molecular complexity index is 871. The van der Waals surface area contributed by atoms with Gasteiger partial charge in [-0.3, -0.25) is 4.79 Å². The highest BCUT2D eigenvalue weighted by Gasteiger charge is 2.29. The molecule has 5 nitrogen and oxygen atoms in total. The average molecular weight is 458 g/mol. The fourth-order valence-corrected chi connectivity index (χ4v) is 4.59. The van der Waals surface area contributed by atoms with Crippen molar-refractivity contribution in [1.82, 2.24) is 5.32 Å². The third kappa shape index (κ3) is 5.23. The normalized spacial score (nSPS) is 16.0. The van der Waals surface area contributed by atoms with Crippen LogP contribution in [0.1, 0.15) is 5.56 Å². The highest BCUT2D eigenvalue weighted by molar-refractivity contribution is 8.24. The van der Waals surface area contributed by atoms with Gasteiger partial charge in [0.05, 0.1) is 22.4 Å². The maximum absolute atomic E-state index is 11.8. The summed E-state index contributed by atoms with van der Waals surface area (Å²) in [4.78, 5) is 11.8. The van der Waals surface area contributed by atoms with Crippen molar-refractivity contribution in [2.45, 2.75) is 11.7 Å². The molecule has 1 saturated heterocycles. The number of benzene rings is 2. The fraction of sp³-hybridized carbons (Fsp3) is 0.263. The lowest BCUT2D eigenvalue weighted by Gasteiger charge is -2.14. The monoisotopic (exact) mass is 457 g/mol. The number of halogens is 2. The van der Waals surface area contributed by atoms with Crippen LogP contribution < -0.4 is 19.5 Å². The zero-order valence-electron chi connectivity index (χ0n) is 14.9. The highest BCUT2D eigenvalue weighted by Crippen LogP contribution is 2.36. The molecule has 0 radical (unpaired) electrons. The molecule has 1 aliphatic rings. The second-order valence-electron chi connectivity index (χ2n) is 5.82. The summed E-state index contributed by atoms with van der Waals surface area (Å²) in [6.45, 7) is 0.553. The lowest BCUT2D eigenvalue weighted by atomic mass is 10.1. The first-order valence-electron chi connectivity index (χ1n) is 8.36. The van der Waals surface area contributed by atoms with Crippen LogP contribution in [0, 0.1) is 0 Å². The Hall–Kier alpha value is -1.67. The predicted octanol–water partition coefficient (Wildman–Crippen LogP) is 4.52. The van der Waals surface area contributed by atoms with Gasteiger partial charge in [-0.05, 0) is 36.2 Å². The molecule has 1 heterocycles. The van der Waals surface area contributed by atoms with Crippen LogP contribution >= 0.6 is 47.2 Å². The van der Waals surface area contributed by atoms with Gasteiger partial charge < -0.3 is 19.5 Å². The van der Waals surface area contributed by atoms with E-state index < -0.39 is 0 Å². The molecule has 0 spiro atoms. The largest absolute Gasteiger partial charge is 0.493 e. The van der Waals surface area contributed by atoms with E-state index in [0.717, 1.165) is 5.56 Å². The Morgan fingerprint density at radius 2 is 1.75 bits per heavy atom. The van der Waals surface area contributed by atoms with Crippen molar-refractivity contribution < 1.29 is 19.0 Å². The summed E-state index contributed by atoms with van der Waals surface area (Å²) in [6, 6.07) is 10.9. The molecule has 1 atom stereocenters. The molecule has 0 aromatic heterocycles. The lowest BCUT2D eigenvalue weighted by Crippen LogP contribution is -2.25. The van der Waals surface area contributed by atoms with Crippen molar-refractivity contribution in [2.75, 3.05) is 20.3 Å². The molecule has 0 aliphatic carbocycles. The number of ether oxygens (including phenoxy) is 3. The number of nitrogens with one attached hydrogen (secondary N) is 1. The molecule has 1 amide bonds. The molecule has 3 rings (SSSR count). The average Bonchev–Trinajstić information content (AvgIpc) is 2.97. The summed E-state index contributed by atoms with van der Waals surface area (Å²) in [5.41, 5.74) is 0.838. The molecule has 148 valence electrons. The third-order valence-electron chi connectivity index (χ3n) is 3.90. The van der Waals surface area contributed by atoms with Crippen molar-refractivity contribution in [1.29, 1.82) is 0 Å². The van der Waals surface area contributed by atoms with Crippen molar-refractivity contribution in [2.24, 2.45) is 0 Å². The molecule has 0 saturated carbocycles. The SMILES string of the molecule is COc1ccccc1OCCOc1c(Cl)cc(CC2SC(=S)NC2=O)cc1Cl. The smallest absolute Gasteiger partial charge is 0.239 e. The predicted molar refractivity (Wildman–Crippen MR) is 116 cm³/mol. The van der Waals surface area contributed by atoms with Gasteiger partial charge in [0.25, 0.3) is 0 Å². The zero-order chi connectivity index (χ0) is 20.1. The van der Waals surface area contributed by atoms with Crippen molar-refractivity contribution in [3.05, 3.63) is 52.0 Å². The quantitative estimate of drug-likeness (QED) is 0.464. The van der Waals surface area contributed by atoms with Gasteiger partial charge in [-0.15, -0.1) is 0 Å². The maximum Gasteiger partial charge on any atom is 0.239 e. The number of hydrogen-bond donors (Lipinski definition) is 1. The van der Waals surface area contributed by atoms with E-state index in [4.69, 9.17) is 49.6 Å². The van der Waals surface area contributed by atoms with E-state index in [1.54, 1.807) is 19.2 Å². The van der Waals surface area contributed by atoms with Crippen LogP contribution in [0.5, 0.6) is 17.2 Å². The molecular weight excluding hydrogens is 441 g/mol. The van der Waals surface area contributed by atoms with Crippen molar-refractivity contribution in [3.8, 4) is 17.2 Å². The van der Waals surface area contributed by atoms with Crippen LogP contribution in [0.4, 0.5) is 0 Å². The summed E-state index contributed by atoms with van der Waals surface area (Å²) >= 11 is 19.0. The van der Waals surface area contributed by atoms with Crippen molar-refractivity contribution >= 4 is 57.4 Å². The van der Waals surface area contributed by atoms with Gasteiger partial charge in [-0.2, -0.15) is 0 Å². The highest BCUT2D eigenvalue weighted by atomic mass is 35.5. The topological polar surface area (TPSA) is 56.8 Å². The van der Waals surface area contributed by atoms with Crippen LogP contribution in [0.3, 0.4) is 0 Å². The number of carbonyl (C=O) groups is 1. The Balaban J connectivity index is 1.57. The van der Waals surface area contributed by atoms with E-state index in [-0.39, 0.29) is 17.8 Å². The number of rotatable bonds is 8. The Kier molecular flexibility index (Phi) is 7.29. The van der Waals surface area contributed by atoms with E-state index in [1.807, 2.05) is 24.3 Å². The molecular formula is C19H17Cl2NO4S2. The molecule has 28 heavy (non-hydrogen) atoms. The molecule has 1 aliphatic heterocycles. The zero-order valence-corrected chi connectivity index (χ0v) is 18.0. The Morgan fingerprint density at radius 3 is 2.36 bits per heavy atom. The molecule has 1 N–H and O–H groups in total. The van der Waals surface area contributed by atoms with Gasteiger partial charge >= 0.3 is 0 Å². The summed E-state index contributed by atoms with van der Waals surface area (Å²) in [5, 5.41) is 3.11. The number of para-hydroxylation sites is 2. The summed E-state index contributed by atoms with van der Waals surface area (Å²) < 4.78 is 17.1.